The minimum atomic E-state index is -0.425. The molecule has 21 heavy (non-hydrogen) atoms. The second kappa shape index (κ2) is 5.81. The fourth-order valence-corrected chi connectivity index (χ4v) is 2.04. The zero-order valence-electron chi connectivity index (χ0n) is 13.4. The fraction of sp³-hybridized carbons (Fsp3) is 0.714. The van der Waals surface area contributed by atoms with Gasteiger partial charge in [0.05, 0.1) is 30.8 Å². The molecule has 1 aromatic rings. The van der Waals surface area contributed by atoms with Gasteiger partial charge in [-0.1, -0.05) is 0 Å². The summed E-state index contributed by atoms with van der Waals surface area (Å²) >= 11 is 0. The first-order chi connectivity index (χ1) is 9.75. The van der Waals surface area contributed by atoms with Crippen LogP contribution in [0.25, 0.3) is 0 Å². The third-order valence-corrected chi connectivity index (χ3v) is 4.03. The number of rotatable bonds is 5. The molecule has 2 heterocycles. The van der Waals surface area contributed by atoms with Crippen molar-refractivity contribution < 1.29 is 18.8 Å². The van der Waals surface area contributed by atoms with Crippen LogP contribution in [0.15, 0.2) is 12.4 Å². The van der Waals surface area contributed by atoms with Crippen molar-refractivity contribution in [1.29, 1.82) is 0 Å². The van der Waals surface area contributed by atoms with Gasteiger partial charge in [0.1, 0.15) is 0 Å². The van der Waals surface area contributed by atoms with E-state index < -0.39 is 7.12 Å². The van der Waals surface area contributed by atoms with Crippen LogP contribution in [0.3, 0.4) is 0 Å². The van der Waals surface area contributed by atoms with Crippen molar-refractivity contribution in [1.82, 2.24) is 9.78 Å². The Bertz CT molecular complexity index is 497. The number of hydrogen-bond donors (Lipinski definition) is 0. The monoisotopic (exact) mass is 294 g/mol. The maximum absolute atomic E-state index is 11.3. The Morgan fingerprint density at radius 1 is 1.33 bits per heavy atom. The van der Waals surface area contributed by atoms with Crippen LogP contribution in [0.5, 0.6) is 0 Å². The first kappa shape index (κ1) is 16.0. The Morgan fingerprint density at radius 2 is 1.95 bits per heavy atom. The lowest BCUT2D eigenvalue weighted by atomic mass is 9.82. The highest BCUT2D eigenvalue weighted by atomic mass is 16.7. The van der Waals surface area contributed by atoms with Gasteiger partial charge in [0.2, 0.25) is 0 Å². The van der Waals surface area contributed by atoms with Gasteiger partial charge in [0, 0.05) is 17.9 Å². The van der Waals surface area contributed by atoms with E-state index in [4.69, 9.17) is 14.0 Å². The van der Waals surface area contributed by atoms with Crippen LogP contribution in [-0.2, 0) is 25.4 Å². The van der Waals surface area contributed by atoms with Gasteiger partial charge in [0.25, 0.3) is 0 Å². The summed E-state index contributed by atoms with van der Waals surface area (Å²) in [6, 6.07) is 0. The molecule has 2 rings (SSSR count). The number of ether oxygens (including phenoxy) is 1. The molecule has 6 nitrogen and oxygen atoms in total. The number of nitrogens with zero attached hydrogens (tertiary/aromatic N) is 2. The van der Waals surface area contributed by atoms with Gasteiger partial charge >= 0.3 is 13.1 Å². The molecule has 0 unspecified atom stereocenters. The van der Waals surface area contributed by atoms with Crippen molar-refractivity contribution in [3.05, 3.63) is 12.4 Å². The minimum Gasteiger partial charge on any atom is -0.466 e. The summed E-state index contributed by atoms with van der Waals surface area (Å²) < 4.78 is 18.5. The summed E-state index contributed by atoms with van der Waals surface area (Å²) in [5, 5.41) is 4.24. The Labute approximate surface area is 125 Å². The van der Waals surface area contributed by atoms with E-state index in [9.17, 15) is 4.79 Å². The number of aryl methyl sites for hydroxylation is 1. The molecule has 0 saturated carbocycles. The Morgan fingerprint density at radius 3 is 2.52 bits per heavy atom. The normalized spacial score (nSPS) is 19.8. The SMILES string of the molecule is CCOC(=O)CCn1cc(B2OC(C)(C)C(C)(C)O2)cn1. The number of carbonyl (C=O) groups excluding carboxylic acids is 1. The number of hydrogen-bond acceptors (Lipinski definition) is 5. The Kier molecular flexibility index (Phi) is 4.44. The van der Waals surface area contributed by atoms with Crippen LogP contribution < -0.4 is 5.46 Å². The third-order valence-electron chi connectivity index (χ3n) is 4.03. The highest BCUT2D eigenvalue weighted by molar-refractivity contribution is 6.61. The number of carbonyl (C=O) groups is 1. The summed E-state index contributed by atoms with van der Waals surface area (Å²) in [6.07, 6.45) is 3.87. The van der Waals surface area contributed by atoms with Crippen molar-refractivity contribution in [2.75, 3.05) is 6.61 Å². The van der Waals surface area contributed by atoms with Gasteiger partial charge in [0.15, 0.2) is 0 Å². The summed E-state index contributed by atoms with van der Waals surface area (Å²) in [5.74, 6) is -0.217. The molecule has 0 atom stereocenters. The maximum atomic E-state index is 11.3. The van der Waals surface area contributed by atoms with Crippen LogP contribution in [0.4, 0.5) is 0 Å². The molecule has 0 spiro atoms. The van der Waals surface area contributed by atoms with E-state index in [1.54, 1.807) is 17.8 Å². The second-order valence-corrected chi connectivity index (χ2v) is 6.18. The van der Waals surface area contributed by atoms with Crippen molar-refractivity contribution in [3.8, 4) is 0 Å². The van der Waals surface area contributed by atoms with Gasteiger partial charge in [-0.25, -0.2) is 0 Å². The molecular formula is C14H23BN2O4. The van der Waals surface area contributed by atoms with Crippen LogP contribution in [-0.4, -0.2) is 40.7 Å². The summed E-state index contributed by atoms with van der Waals surface area (Å²) in [5.41, 5.74) is 0.118. The topological polar surface area (TPSA) is 62.6 Å². The maximum Gasteiger partial charge on any atom is 0.498 e. The second-order valence-electron chi connectivity index (χ2n) is 6.18. The molecule has 1 aliphatic rings. The highest BCUT2D eigenvalue weighted by Crippen LogP contribution is 2.36. The van der Waals surface area contributed by atoms with Crippen molar-refractivity contribution in [3.63, 3.8) is 0 Å². The van der Waals surface area contributed by atoms with E-state index in [0.717, 1.165) is 5.46 Å². The molecule has 1 fully saturated rings. The van der Waals surface area contributed by atoms with Gasteiger partial charge in [-0.3, -0.25) is 9.48 Å². The number of aromatic nitrogens is 2. The lowest BCUT2D eigenvalue weighted by molar-refractivity contribution is -0.143. The highest BCUT2D eigenvalue weighted by Gasteiger charge is 2.52. The molecule has 7 heteroatoms. The molecule has 0 N–H and O–H groups in total. The molecule has 1 aromatic heterocycles. The lowest BCUT2D eigenvalue weighted by Gasteiger charge is -2.32. The van der Waals surface area contributed by atoms with Crippen molar-refractivity contribution in [2.45, 2.75) is 58.8 Å². The number of esters is 1. The largest absolute Gasteiger partial charge is 0.498 e. The van der Waals surface area contributed by atoms with Gasteiger partial charge in [-0.05, 0) is 34.6 Å². The van der Waals surface area contributed by atoms with E-state index >= 15 is 0 Å². The van der Waals surface area contributed by atoms with E-state index in [0.29, 0.717) is 19.6 Å². The average Bonchev–Trinajstić information content (AvgIpc) is 2.91. The average molecular weight is 294 g/mol. The van der Waals surface area contributed by atoms with Gasteiger partial charge < -0.3 is 14.0 Å². The summed E-state index contributed by atoms with van der Waals surface area (Å²) in [4.78, 5) is 11.3. The lowest BCUT2D eigenvalue weighted by Crippen LogP contribution is -2.41. The van der Waals surface area contributed by atoms with Crippen LogP contribution in [0, 0.1) is 0 Å². The van der Waals surface area contributed by atoms with Crippen LogP contribution in [0.1, 0.15) is 41.0 Å². The van der Waals surface area contributed by atoms with Gasteiger partial charge in [-0.15, -0.1) is 0 Å². The third kappa shape index (κ3) is 3.47. The Hall–Kier alpha value is -1.34. The molecule has 116 valence electrons. The van der Waals surface area contributed by atoms with E-state index in [-0.39, 0.29) is 17.2 Å². The van der Waals surface area contributed by atoms with E-state index in [2.05, 4.69) is 5.10 Å². The van der Waals surface area contributed by atoms with E-state index in [1.807, 2.05) is 33.9 Å². The van der Waals surface area contributed by atoms with Crippen LogP contribution >= 0.6 is 0 Å². The van der Waals surface area contributed by atoms with Crippen LogP contribution in [0.2, 0.25) is 0 Å². The molecule has 0 radical (unpaired) electrons. The fourth-order valence-electron chi connectivity index (χ4n) is 2.04. The molecule has 1 saturated heterocycles. The molecule has 0 aliphatic carbocycles. The first-order valence-corrected chi connectivity index (χ1v) is 7.29. The van der Waals surface area contributed by atoms with Gasteiger partial charge in [-0.2, -0.15) is 5.10 Å². The zero-order chi connectivity index (χ0) is 15.7. The molecule has 0 aromatic carbocycles. The molecule has 1 aliphatic heterocycles. The van der Waals surface area contributed by atoms with Crippen molar-refractivity contribution >= 4 is 18.6 Å². The summed E-state index contributed by atoms with van der Waals surface area (Å²) in [7, 11) is -0.425. The molecular weight excluding hydrogens is 271 g/mol. The quantitative estimate of drug-likeness (QED) is 0.602. The minimum absolute atomic E-state index is 0.217. The molecule has 0 bridgehead atoms. The predicted molar refractivity (Wildman–Crippen MR) is 79.2 cm³/mol. The predicted octanol–water partition coefficient (Wildman–Crippen LogP) is 1.14. The molecule has 0 amide bonds. The summed E-state index contributed by atoms with van der Waals surface area (Å²) in [6.45, 7) is 10.7. The van der Waals surface area contributed by atoms with E-state index in [1.165, 1.54) is 0 Å². The first-order valence-electron chi connectivity index (χ1n) is 7.29. The zero-order valence-corrected chi connectivity index (χ0v) is 13.4. The smallest absolute Gasteiger partial charge is 0.466 e. The van der Waals surface area contributed by atoms with Crippen molar-refractivity contribution in [2.24, 2.45) is 0 Å². The standard InChI is InChI=1S/C14H23BN2O4/c1-6-19-12(18)7-8-17-10-11(9-16-17)15-20-13(2,3)14(4,5)21-15/h9-10H,6-8H2,1-5H3. The Balaban J connectivity index is 1.97.